The molecule has 146 valence electrons. The molecule has 0 radical (unpaired) electrons. The van der Waals surface area contributed by atoms with Crippen LogP contribution in [0.2, 0.25) is 0 Å². The quantitative estimate of drug-likeness (QED) is 0.823. The van der Waals surface area contributed by atoms with Crippen LogP contribution in [0.4, 0.5) is 0 Å². The van der Waals surface area contributed by atoms with Gasteiger partial charge in [-0.05, 0) is 49.3 Å². The summed E-state index contributed by atoms with van der Waals surface area (Å²) in [6.07, 6.45) is 1.14. The van der Waals surface area contributed by atoms with Crippen molar-refractivity contribution in [1.82, 2.24) is 9.62 Å². The first kappa shape index (κ1) is 20.9. The van der Waals surface area contributed by atoms with Crippen LogP contribution in [0.3, 0.4) is 0 Å². The molecule has 1 aliphatic heterocycles. The van der Waals surface area contributed by atoms with Crippen LogP contribution in [0, 0.1) is 11.8 Å². The molecule has 1 aromatic carbocycles. The standard InChI is InChI=1S/C20H32N2O3S/c1-14(2)16(5)21-20(23)18-10-12-22(13-11-18)26(24,25)19-8-6-17(7-9-19)15(3)4/h6-9,14-16,18H,10-13H2,1-5H3,(H,21,23). The minimum atomic E-state index is -3.49. The van der Waals surface area contributed by atoms with Gasteiger partial charge >= 0.3 is 0 Å². The highest BCUT2D eigenvalue weighted by Gasteiger charge is 2.32. The highest BCUT2D eigenvalue weighted by atomic mass is 32.2. The van der Waals surface area contributed by atoms with Gasteiger partial charge in [0.05, 0.1) is 4.90 Å². The molecule has 1 N–H and O–H groups in total. The molecule has 6 heteroatoms. The number of hydrogen-bond donors (Lipinski definition) is 1. The molecule has 0 saturated carbocycles. The number of rotatable bonds is 6. The second kappa shape index (κ2) is 8.53. The fourth-order valence-corrected chi connectivity index (χ4v) is 4.51. The molecule has 1 aromatic rings. The average molecular weight is 381 g/mol. The molecule has 0 bridgehead atoms. The monoisotopic (exact) mass is 380 g/mol. The van der Waals surface area contributed by atoms with Gasteiger partial charge in [0.1, 0.15) is 0 Å². The largest absolute Gasteiger partial charge is 0.353 e. The van der Waals surface area contributed by atoms with Crippen molar-refractivity contribution in [2.45, 2.75) is 64.3 Å². The molecule has 1 heterocycles. The fourth-order valence-electron chi connectivity index (χ4n) is 3.04. The number of nitrogens with one attached hydrogen (secondary N) is 1. The average Bonchev–Trinajstić information content (AvgIpc) is 2.61. The van der Waals surface area contributed by atoms with Crippen LogP contribution in [0.15, 0.2) is 29.2 Å². The highest BCUT2D eigenvalue weighted by molar-refractivity contribution is 7.89. The molecule has 5 nitrogen and oxygen atoms in total. The molecule has 1 unspecified atom stereocenters. The van der Waals surface area contributed by atoms with E-state index in [1.807, 2.05) is 19.1 Å². The number of carbonyl (C=O) groups is 1. The van der Waals surface area contributed by atoms with E-state index in [4.69, 9.17) is 0 Å². The maximum atomic E-state index is 12.8. The normalized spacial score (nSPS) is 18.3. The van der Waals surface area contributed by atoms with Gasteiger partial charge in [-0.25, -0.2) is 8.42 Å². The number of amides is 1. The number of carbonyl (C=O) groups excluding carboxylic acids is 1. The minimum Gasteiger partial charge on any atom is -0.353 e. The lowest BCUT2D eigenvalue weighted by Crippen LogP contribution is -2.45. The van der Waals surface area contributed by atoms with E-state index in [9.17, 15) is 13.2 Å². The molecule has 1 aliphatic rings. The summed E-state index contributed by atoms with van der Waals surface area (Å²) in [5.74, 6) is 0.693. The summed E-state index contributed by atoms with van der Waals surface area (Å²) in [6, 6.07) is 7.27. The zero-order valence-electron chi connectivity index (χ0n) is 16.5. The van der Waals surface area contributed by atoms with Crippen LogP contribution in [0.1, 0.15) is 58.9 Å². The SMILES string of the molecule is CC(C)c1ccc(S(=O)(=O)N2CCC(C(=O)NC(C)C(C)C)CC2)cc1. The Morgan fingerprint density at radius 3 is 2.04 bits per heavy atom. The van der Waals surface area contributed by atoms with E-state index in [-0.39, 0.29) is 17.9 Å². The molecule has 0 spiro atoms. The Morgan fingerprint density at radius 1 is 1.04 bits per heavy atom. The van der Waals surface area contributed by atoms with Crippen molar-refractivity contribution in [3.8, 4) is 0 Å². The Balaban J connectivity index is 1.99. The van der Waals surface area contributed by atoms with Crippen LogP contribution in [0.5, 0.6) is 0 Å². The Hall–Kier alpha value is -1.40. The fraction of sp³-hybridized carbons (Fsp3) is 0.650. The van der Waals surface area contributed by atoms with Crippen molar-refractivity contribution in [2.24, 2.45) is 11.8 Å². The number of hydrogen-bond acceptors (Lipinski definition) is 3. The van der Waals surface area contributed by atoms with Gasteiger partial charge in [-0.1, -0.05) is 39.8 Å². The Kier molecular flexibility index (Phi) is 6.86. The van der Waals surface area contributed by atoms with Crippen LogP contribution < -0.4 is 5.32 Å². The molecule has 26 heavy (non-hydrogen) atoms. The molecule has 1 amide bonds. The summed E-state index contributed by atoms with van der Waals surface area (Å²) in [7, 11) is -3.49. The summed E-state index contributed by atoms with van der Waals surface area (Å²) >= 11 is 0. The van der Waals surface area contributed by atoms with Gasteiger partial charge in [0.2, 0.25) is 15.9 Å². The van der Waals surface area contributed by atoms with E-state index < -0.39 is 10.0 Å². The molecular weight excluding hydrogens is 348 g/mol. The highest BCUT2D eigenvalue weighted by Crippen LogP contribution is 2.25. The Bertz CT molecular complexity index is 703. The summed E-state index contributed by atoms with van der Waals surface area (Å²) < 4.78 is 27.2. The third-order valence-electron chi connectivity index (χ3n) is 5.38. The third kappa shape index (κ3) is 4.86. The minimum absolute atomic E-state index is 0.0459. The summed E-state index contributed by atoms with van der Waals surface area (Å²) in [5.41, 5.74) is 1.12. The maximum Gasteiger partial charge on any atom is 0.243 e. The van der Waals surface area contributed by atoms with Crippen molar-refractivity contribution in [3.05, 3.63) is 29.8 Å². The first-order valence-electron chi connectivity index (χ1n) is 9.53. The molecular formula is C20H32N2O3S. The summed E-state index contributed by atoms with van der Waals surface area (Å²) in [4.78, 5) is 12.7. The smallest absolute Gasteiger partial charge is 0.243 e. The number of piperidine rings is 1. The van der Waals surface area contributed by atoms with Crippen LogP contribution in [-0.4, -0.2) is 37.8 Å². The van der Waals surface area contributed by atoms with Gasteiger partial charge in [-0.15, -0.1) is 0 Å². The summed E-state index contributed by atoms with van der Waals surface area (Å²) in [6.45, 7) is 11.1. The molecule has 1 atom stereocenters. The number of nitrogens with zero attached hydrogens (tertiary/aromatic N) is 1. The topological polar surface area (TPSA) is 66.5 Å². The van der Waals surface area contributed by atoms with Gasteiger partial charge < -0.3 is 5.32 Å². The molecule has 1 saturated heterocycles. The summed E-state index contributed by atoms with van der Waals surface area (Å²) in [5, 5.41) is 3.04. The van der Waals surface area contributed by atoms with Crippen molar-refractivity contribution in [1.29, 1.82) is 0 Å². The van der Waals surface area contributed by atoms with E-state index in [1.165, 1.54) is 4.31 Å². The van der Waals surface area contributed by atoms with E-state index in [0.717, 1.165) is 5.56 Å². The third-order valence-corrected chi connectivity index (χ3v) is 7.29. The van der Waals surface area contributed by atoms with E-state index in [1.54, 1.807) is 12.1 Å². The maximum absolute atomic E-state index is 12.8. The lowest BCUT2D eigenvalue weighted by atomic mass is 9.96. The van der Waals surface area contributed by atoms with Crippen molar-refractivity contribution >= 4 is 15.9 Å². The van der Waals surface area contributed by atoms with Crippen molar-refractivity contribution in [3.63, 3.8) is 0 Å². The van der Waals surface area contributed by atoms with Gasteiger partial charge in [-0.3, -0.25) is 4.79 Å². The first-order chi connectivity index (χ1) is 12.1. The van der Waals surface area contributed by atoms with Crippen LogP contribution in [0.25, 0.3) is 0 Å². The van der Waals surface area contributed by atoms with Crippen molar-refractivity contribution < 1.29 is 13.2 Å². The zero-order chi connectivity index (χ0) is 19.5. The predicted octanol–water partition coefficient (Wildman–Crippen LogP) is 3.37. The second-order valence-electron chi connectivity index (χ2n) is 7.94. The van der Waals surface area contributed by atoms with Crippen molar-refractivity contribution in [2.75, 3.05) is 13.1 Å². The lowest BCUT2D eigenvalue weighted by molar-refractivity contribution is -0.127. The van der Waals surface area contributed by atoms with Gasteiger partial charge in [0.15, 0.2) is 0 Å². The number of benzene rings is 1. The van der Waals surface area contributed by atoms with E-state index in [2.05, 4.69) is 33.0 Å². The first-order valence-corrected chi connectivity index (χ1v) is 11.0. The van der Waals surface area contributed by atoms with Gasteiger partial charge in [-0.2, -0.15) is 4.31 Å². The Morgan fingerprint density at radius 2 is 1.58 bits per heavy atom. The van der Waals surface area contributed by atoms with Gasteiger partial charge in [0.25, 0.3) is 0 Å². The number of sulfonamides is 1. The molecule has 0 aliphatic carbocycles. The van der Waals surface area contributed by atoms with E-state index in [0.29, 0.717) is 42.7 Å². The van der Waals surface area contributed by atoms with Crippen LogP contribution in [-0.2, 0) is 14.8 Å². The Labute approximate surface area is 158 Å². The molecule has 1 fully saturated rings. The molecule has 2 rings (SSSR count). The lowest BCUT2D eigenvalue weighted by Gasteiger charge is -2.31. The van der Waals surface area contributed by atoms with Gasteiger partial charge in [0, 0.05) is 25.0 Å². The zero-order valence-corrected chi connectivity index (χ0v) is 17.3. The molecule has 0 aromatic heterocycles. The van der Waals surface area contributed by atoms with Crippen LogP contribution >= 0.6 is 0 Å². The second-order valence-corrected chi connectivity index (χ2v) is 9.88. The van der Waals surface area contributed by atoms with E-state index >= 15 is 0 Å². The predicted molar refractivity (Wildman–Crippen MR) is 104 cm³/mol.